The molecule has 1 aliphatic heterocycles. The SMILES string of the molecule is Nc1ncccc1-c1nc2ccc(-c3ccccc3)nc2n1-c1ccc(C(=O)N2CCC(C(=O)O)CC2)cc1. The van der Waals surface area contributed by atoms with Gasteiger partial charge in [0.25, 0.3) is 5.91 Å². The van der Waals surface area contributed by atoms with Crippen molar-refractivity contribution in [2.45, 2.75) is 12.8 Å². The number of fused-ring (bicyclic) bond motifs is 1. The van der Waals surface area contributed by atoms with Crippen LogP contribution in [0.2, 0.25) is 0 Å². The highest BCUT2D eigenvalue weighted by Gasteiger charge is 2.27. The number of carbonyl (C=O) groups excluding carboxylic acids is 1. The van der Waals surface area contributed by atoms with Gasteiger partial charge in [-0.25, -0.2) is 15.0 Å². The maximum absolute atomic E-state index is 13.1. The molecule has 2 aromatic carbocycles. The van der Waals surface area contributed by atoms with Crippen LogP contribution >= 0.6 is 0 Å². The van der Waals surface area contributed by atoms with Gasteiger partial charge in [0, 0.05) is 36.1 Å². The molecule has 9 heteroatoms. The molecule has 5 aromatic rings. The Bertz CT molecular complexity index is 1670. The minimum Gasteiger partial charge on any atom is -0.481 e. The van der Waals surface area contributed by atoms with E-state index in [1.54, 1.807) is 23.2 Å². The van der Waals surface area contributed by atoms with Crippen LogP contribution in [0.15, 0.2) is 85.1 Å². The normalized spacial score (nSPS) is 14.0. The van der Waals surface area contributed by atoms with Gasteiger partial charge in [0.1, 0.15) is 11.3 Å². The average molecular weight is 519 g/mol. The largest absolute Gasteiger partial charge is 0.481 e. The lowest BCUT2D eigenvalue weighted by molar-refractivity contribution is -0.143. The van der Waals surface area contributed by atoms with E-state index in [1.807, 2.05) is 71.3 Å². The monoisotopic (exact) mass is 518 g/mol. The number of nitrogens with two attached hydrogens (primary N) is 1. The molecule has 3 aromatic heterocycles. The summed E-state index contributed by atoms with van der Waals surface area (Å²) in [6.07, 6.45) is 2.56. The fraction of sp³-hybridized carbons (Fsp3) is 0.167. The molecule has 1 amide bonds. The van der Waals surface area contributed by atoms with E-state index >= 15 is 0 Å². The number of carbonyl (C=O) groups is 2. The molecule has 1 fully saturated rings. The molecule has 39 heavy (non-hydrogen) atoms. The van der Waals surface area contributed by atoms with E-state index in [2.05, 4.69) is 4.98 Å². The third-order valence-corrected chi connectivity index (χ3v) is 7.16. The lowest BCUT2D eigenvalue weighted by atomic mass is 9.96. The summed E-state index contributed by atoms with van der Waals surface area (Å²) >= 11 is 0. The van der Waals surface area contributed by atoms with Crippen LogP contribution in [0.25, 0.3) is 39.5 Å². The summed E-state index contributed by atoms with van der Waals surface area (Å²) in [7, 11) is 0. The van der Waals surface area contributed by atoms with Gasteiger partial charge in [-0.3, -0.25) is 14.2 Å². The molecule has 0 atom stereocenters. The van der Waals surface area contributed by atoms with Crippen LogP contribution in [0.5, 0.6) is 0 Å². The predicted octanol–water partition coefficient (Wildman–Crippen LogP) is 4.67. The second kappa shape index (κ2) is 10.0. The van der Waals surface area contributed by atoms with Crippen LogP contribution in [0.1, 0.15) is 23.2 Å². The minimum atomic E-state index is -0.798. The number of nitrogen functional groups attached to an aromatic ring is 1. The second-order valence-electron chi connectivity index (χ2n) is 9.56. The third-order valence-electron chi connectivity index (χ3n) is 7.16. The van der Waals surface area contributed by atoms with Crippen molar-refractivity contribution in [1.29, 1.82) is 0 Å². The van der Waals surface area contributed by atoms with Gasteiger partial charge in [-0.2, -0.15) is 0 Å². The van der Waals surface area contributed by atoms with Crippen LogP contribution in [-0.4, -0.2) is 54.5 Å². The Hall–Kier alpha value is -5.05. The zero-order chi connectivity index (χ0) is 26.9. The summed E-state index contributed by atoms with van der Waals surface area (Å²) < 4.78 is 1.93. The highest BCUT2D eigenvalue weighted by molar-refractivity contribution is 5.95. The number of pyridine rings is 2. The predicted molar refractivity (Wildman–Crippen MR) is 148 cm³/mol. The molecule has 3 N–H and O–H groups in total. The Balaban J connectivity index is 1.40. The van der Waals surface area contributed by atoms with E-state index in [1.165, 1.54) is 0 Å². The molecule has 0 unspecified atom stereocenters. The summed E-state index contributed by atoms with van der Waals surface area (Å²) in [6, 6.07) is 24.8. The average Bonchev–Trinajstić information content (AvgIpc) is 3.36. The Morgan fingerprint density at radius 2 is 1.62 bits per heavy atom. The summed E-state index contributed by atoms with van der Waals surface area (Å²) in [6.45, 7) is 0.862. The fourth-order valence-corrected chi connectivity index (χ4v) is 5.02. The first-order chi connectivity index (χ1) is 19.0. The quantitative estimate of drug-likeness (QED) is 0.346. The van der Waals surface area contributed by atoms with E-state index in [-0.39, 0.29) is 5.91 Å². The number of benzene rings is 2. The molecule has 4 heterocycles. The number of amides is 1. The molecule has 1 aliphatic rings. The van der Waals surface area contributed by atoms with Crippen molar-refractivity contribution >= 4 is 28.9 Å². The first kappa shape index (κ1) is 24.3. The van der Waals surface area contributed by atoms with Crippen LogP contribution in [0.4, 0.5) is 5.82 Å². The highest BCUT2D eigenvalue weighted by atomic mass is 16.4. The van der Waals surface area contributed by atoms with Crippen molar-refractivity contribution in [1.82, 2.24) is 24.4 Å². The van der Waals surface area contributed by atoms with Crippen LogP contribution in [0.3, 0.4) is 0 Å². The summed E-state index contributed by atoms with van der Waals surface area (Å²) in [4.78, 5) is 40.2. The summed E-state index contributed by atoms with van der Waals surface area (Å²) in [5.74, 6) is -0.343. The van der Waals surface area contributed by atoms with E-state index in [0.29, 0.717) is 59.9 Å². The maximum Gasteiger partial charge on any atom is 0.306 e. The third kappa shape index (κ3) is 4.59. The second-order valence-corrected chi connectivity index (χ2v) is 9.56. The van der Waals surface area contributed by atoms with Crippen molar-refractivity contribution in [2.24, 2.45) is 5.92 Å². The standard InChI is InChI=1S/C30H26N6O3/c31-26-23(7-4-16-32-26)27-34-25-13-12-24(19-5-2-1-3-6-19)33-28(25)36(27)22-10-8-20(9-11-22)29(37)35-17-14-21(15-18-35)30(38)39/h1-13,16,21H,14-15,17-18H2,(H2,31,32)(H,38,39). The smallest absolute Gasteiger partial charge is 0.306 e. The zero-order valence-electron chi connectivity index (χ0n) is 21.1. The molecule has 0 spiro atoms. The Labute approximate surface area is 224 Å². The summed E-state index contributed by atoms with van der Waals surface area (Å²) in [5, 5.41) is 9.25. The number of nitrogens with zero attached hydrogens (tertiary/aromatic N) is 5. The number of piperidine rings is 1. The topological polar surface area (TPSA) is 127 Å². The molecule has 9 nitrogen and oxygen atoms in total. The lowest BCUT2D eigenvalue weighted by Crippen LogP contribution is -2.40. The van der Waals surface area contributed by atoms with Crippen molar-refractivity contribution in [3.63, 3.8) is 0 Å². The first-order valence-electron chi connectivity index (χ1n) is 12.8. The van der Waals surface area contributed by atoms with E-state index in [4.69, 9.17) is 15.7 Å². The van der Waals surface area contributed by atoms with Gasteiger partial charge in [-0.05, 0) is 61.4 Å². The number of likely N-dealkylation sites (tertiary alicyclic amines) is 1. The number of rotatable bonds is 5. The van der Waals surface area contributed by atoms with Gasteiger partial charge in [0.05, 0.1) is 17.2 Å². The molecule has 0 bridgehead atoms. The first-order valence-corrected chi connectivity index (χ1v) is 12.8. The van der Waals surface area contributed by atoms with Crippen molar-refractivity contribution in [2.75, 3.05) is 18.8 Å². The minimum absolute atomic E-state index is 0.109. The van der Waals surface area contributed by atoms with E-state index in [0.717, 1.165) is 16.9 Å². The number of carboxylic acid groups (broad SMARTS) is 1. The molecule has 6 rings (SSSR count). The molecule has 1 saturated heterocycles. The number of aliphatic carboxylic acids is 1. The number of imidazole rings is 1. The number of carboxylic acids is 1. The van der Waals surface area contributed by atoms with E-state index in [9.17, 15) is 14.7 Å². The molecular formula is C30H26N6O3. The van der Waals surface area contributed by atoms with Crippen LogP contribution in [0, 0.1) is 5.92 Å². The van der Waals surface area contributed by atoms with Crippen molar-refractivity contribution in [3.05, 3.63) is 90.6 Å². The Morgan fingerprint density at radius 3 is 2.31 bits per heavy atom. The van der Waals surface area contributed by atoms with Crippen LogP contribution < -0.4 is 5.73 Å². The molecule has 0 aliphatic carbocycles. The number of aromatic nitrogens is 4. The maximum atomic E-state index is 13.1. The van der Waals surface area contributed by atoms with Gasteiger partial charge < -0.3 is 15.7 Å². The number of hydrogen-bond donors (Lipinski definition) is 2. The number of anilines is 1. The molecule has 0 radical (unpaired) electrons. The zero-order valence-corrected chi connectivity index (χ0v) is 21.1. The molecule has 194 valence electrons. The van der Waals surface area contributed by atoms with E-state index < -0.39 is 11.9 Å². The lowest BCUT2D eigenvalue weighted by Gasteiger charge is -2.30. The van der Waals surface area contributed by atoms with Gasteiger partial charge in [-0.1, -0.05) is 30.3 Å². The number of hydrogen-bond acceptors (Lipinski definition) is 6. The summed E-state index contributed by atoms with van der Waals surface area (Å²) in [5.41, 5.74) is 11.4. The van der Waals surface area contributed by atoms with Gasteiger partial charge in [0.2, 0.25) is 0 Å². The van der Waals surface area contributed by atoms with Crippen LogP contribution in [-0.2, 0) is 4.79 Å². The highest BCUT2D eigenvalue weighted by Crippen LogP contribution is 2.32. The Kier molecular flexibility index (Phi) is 6.24. The van der Waals surface area contributed by atoms with Gasteiger partial charge in [-0.15, -0.1) is 0 Å². The van der Waals surface area contributed by atoms with Crippen molar-refractivity contribution < 1.29 is 14.7 Å². The fourth-order valence-electron chi connectivity index (χ4n) is 5.02. The Morgan fingerprint density at radius 1 is 0.872 bits per heavy atom. The molecular weight excluding hydrogens is 492 g/mol. The van der Waals surface area contributed by atoms with Gasteiger partial charge >= 0.3 is 5.97 Å². The van der Waals surface area contributed by atoms with Crippen molar-refractivity contribution in [3.8, 4) is 28.3 Å². The molecule has 0 saturated carbocycles. The van der Waals surface area contributed by atoms with Gasteiger partial charge in [0.15, 0.2) is 11.5 Å².